The van der Waals surface area contributed by atoms with Crippen LogP contribution in [0.2, 0.25) is 5.02 Å². The quantitative estimate of drug-likeness (QED) is 0.721. The molecule has 0 N–H and O–H groups in total. The lowest BCUT2D eigenvalue weighted by Crippen LogP contribution is -2.25. The molecule has 1 aliphatic rings. The minimum Gasteiger partial charge on any atom is -0.296 e. The first-order chi connectivity index (χ1) is 8.47. The van der Waals surface area contributed by atoms with Gasteiger partial charge in [-0.1, -0.05) is 23.4 Å². The second-order valence-electron chi connectivity index (χ2n) is 3.90. The lowest BCUT2D eigenvalue weighted by molar-refractivity contribution is -0.117. The molecule has 0 aromatic carbocycles. The van der Waals surface area contributed by atoms with Gasteiger partial charge in [0, 0.05) is 37.4 Å². The van der Waals surface area contributed by atoms with E-state index in [1.165, 1.54) is 18.7 Å². The fourth-order valence-electron chi connectivity index (χ4n) is 1.76. The summed E-state index contributed by atoms with van der Waals surface area (Å²) in [6.07, 6.45) is 2.01. The van der Waals surface area contributed by atoms with Crippen molar-refractivity contribution in [3.63, 3.8) is 0 Å². The molecule has 0 bridgehead atoms. The molecule has 0 aliphatic carbocycles. The van der Waals surface area contributed by atoms with E-state index in [0.29, 0.717) is 23.8 Å². The van der Waals surface area contributed by atoms with Crippen LogP contribution >= 0.6 is 46.0 Å². The number of carbonyl (C=O) groups excluding carboxylic acids is 2. The number of aromatic nitrogens is 1. The maximum Gasteiger partial charge on any atom is 0.229 e. The summed E-state index contributed by atoms with van der Waals surface area (Å²) < 4.78 is 0.847. The molecule has 1 amide bonds. The highest BCUT2D eigenvalue weighted by atomic mass is 127. The predicted molar refractivity (Wildman–Crippen MR) is 81.0 cm³/mol. The van der Waals surface area contributed by atoms with Crippen LogP contribution in [-0.4, -0.2) is 27.8 Å². The largest absolute Gasteiger partial charge is 0.296 e. The zero-order valence-corrected chi connectivity index (χ0v) is 13.3. The smallest absolute Gasteiger partial charge is 0.229 e. The van der Waals surface area contributed by atoms with E-state index in [9.17, 15) is 9.59 Å². The molecular formula is C11H10ClIN2O2S. The van der Waals surface area contributed by atoms with Crippen molar-refractivity contribution in [3.8, 4) is 0 Å². The van der Waals surface area contributed by atoms with Crippen molar-refractivity contribution in [2.75, 3.05) is 11.4 Å². The Morgan fingerprint density at radius 3 is 3.00 bits per heavy atom. The molecule has 0 radical (unpaired) electrons. The van der Waals surface area contributed by atoms with Crippen molar-refractivity contribution in [2.24, 2.45) is 0 Å². The zero-order valence-electron chi connectivity index (χ0n) is 9.52. The van der Waals surface area contributed by atoms with Crippen LogP contribution in [0.15, 0.2) is 12.3 Å². The van der Waals surface area contributed by atoms with Crippen molar-refractivity contribution in [3.05, 3.63) is 20.9 Å². The molecule has 4 nitrogen and oxygen atoms in total. The Labute approximate surface area is 128 Å². The van der Waals surface area contributed by atoms with Gasteiger partial charge in [-0.2, -0.15) is 0 Å². The number of hydrogen-bond donors (Lipinski definition) is 0. The number of anilines is 1. The molecule has 96 valence electrons. The van der Waals surface area contributed by atoms with Gasteiger partial charge in [-0.05, 0) is 22.6 Å². The fourth-order valence-corrected chi connectivity index (χ4v) is 3.12. The van der Waals surface area contributed by atoms with Gasteiger partial charge in [0.1, 0.15) is 5.82 Å². The lowest BCUT2D eigenvalue weighted by Gasteiger charge is -2.15. The number of halogens is 2. The molecule has 1 saturated heterocycles. The van der Waals surface area contributed by atoms with Crippen molar-refractivity contribution < 1.29 is 9.59 Å². The molecule has 18 heavy (non-hydrogen) atoms. The first-order valence-corrected chi connectivity index (χ1v) is 7.59. The summed E-state index contributed by atoms with van der Waals surface area (Å²) in [6.45, 7) is 2.02. The highest BCUT2D eigenvalue weighted by Gasteiger charge is 2.32. The van der Waals surface area contributed by atoms with Crippen molar-refractivity contribution >= 4 is 62.8 Å². The highest BCUT2D eigenvalue weighted by molar-refractivity contribution is 14.1. The van der Waals surface area contributed by atoms with E-state index >= 15 is 0 Å². The van der Waals surface area contributed by atoms with Crippen LogP contribution < -0.4 is 4.90 Å². The van der Waals surface area contributed by atoms with E-state index < -0.39 is 0 Å². The average molecular weight is 397 g/mol. The topological polar surface area (TPSA) is 50.3 Å². The highest BCUT2D eigenvalue weighted by Crippen LogP contribution is 2.29. The number of rotatable bonds is 2. The maximum atomic E-state index is 11.9. The minimum absolute atomic E-state index is 0.00912. The standard InChI is InChI=1S/C11H10ClIN2O2S/c1-6(16)18-7-2-11(17)15(5-7)10-3-8(12)9(13)4-14-10/h3-4,7H,2,5H2,1H3. The molecule has 1 unspecified atom stereocenters. The molecular weight excluding hydrogens is 387 g/mol. The maximum absolute atomic E-state index is 11.9. The van der Waals surface area contributed by atoms with E-state index in [0.717, 1.165) is 3.57 Å². The normalized spacial score (nSPS) is 19.4. The summed E-state index contributed by atoms with van der Waals surface area (Å²) in [5.74, 6) is 0.538. The summed E-state index contributed by atoms with van der Waals surface area (Å²) >= 11 is 9.31. The molecule has 2 rings (SSSR count). The lowest BCUT2D eigenvalue weighted by atomic mass is 10.4. The van der Waals surface area contributed by atoms with Gasteiger partial charge >= 0.3 is 0 Å². The Kier molecular flexibility index (Phi) is 4.50. The summed E-state index contributed by atoms with van der Waals surface area (Å²) in [7, 11) is 0. The Balaban J connectivity index is 2.16. The molecule has 1 aromatic rings. The van der Waals surface area contributed by atoms with Crippen molar-refractivity contribution in [1.29, 1.82) is 0 Å². The van der Waals surface area contributed by atoms with Gasteiger partial charge in [-0.25, -0.2) is 4.98 Å². The third-order valence-corrected chi connectivity index (χ3v) is 4.97. The molecule has 7 heteroatoms. The SMILES string of the molecule is CC(=O)SC1CC(=O)N(c2cc(Cl)c(I)cn2)C1. The second-order valence-corrected chi connectivity index (χ2v) is 6.94. The van der Waals surface area contributed by atoms with Crippen LogP contribution in [0.5, 0.6) is 0 Å². The molecule has 0 saturated carbocycles. The summed E-state index contributed by atoms with van der Waals surface area (Å²) in [4.78, 5) is 28.7. The Hall–Kier alpha value is -0.340. The number of nitrogens with zero attached hydrogens (tertiary/aromatic N) is 2. The first-order valence-electron chi connectivity index (χ1n) is 5.26. The van der Waals surface area contributed by atoms with Crippen LogP contribution in [0.1, 0.15) is 13.3 Å². The molecule has 2 heterocycles. The summed E-state index contributed by atoms with van der Waals surface area (Å²) in [6, 6.07) is 1.68. The predicted octanol–water partition coefficient (Wildman–Crippen LogP) is 2.72. The van der Waals surface area contributed by atoms with E-state index in [4.69, 9.17) is 11.6 Å². The van der Waals surface area contributed by atoms with Gasteiger partial charge in [-0.3, -0.25) is 14.5 Å². The number of pyridine rings is 1. The fraction of sp³-hybridized carbons (Fsp3) is 0.364. The number of amides is 1. The van der Waals surface area contributed by atoms with Gasteiger partial charge in [0.05, 0.1) is 8.59 Å². The van der Waals surface area contributed by atoms with Gasteiger partial charge < -0.3 is 0 Å². The van der Waals surface area contributed by atoms with Crippen molar-refractivity contribution in [1.82, 2.24) is 4.98 Å². The van der Waals surface area contributed by atoms with E-state index in [1.54, 1.807) is 17.2 Å². The van der Waals surface area contributed by atoms with Gasteiger partial charge in [0.15, 0.2) is 5.12 Å². The van der Waals surface area contributed by atoms with Crippen LogP contribution in [0.25, 0.3) is 0 Å². The van der Waals surface area contributed by atoms with E-state index in [1.807, 2.05) is 0 Å². The van der Waals surface area contributed by atoms with Gasteiger partial charge in [0.2, 0.25) is 5.91 Å². The molecule has 1 aromatic heterocycles. The Bertz CT molecular complexity index is 512. The summed E-state index contributed by atoms with van der Waals surface area (Å²) in [5, 5.41) is 0.620. The third-order valence-electron chi connectivity index (χ3n) is 2.49. The van der Waals surface area contributed by atoms with Crippen LogP contribution in [0.4, 0.5) is 5.82 Å². The number of thioether (sulfide) groups is 1. The third kappa shape index (κ3) is 3.16. The Morgan fingerprint density at radius 1 is 1.67 bits per heavy atom. The minimum atomic E-state index is -0.0153. The molecule has 1 fully saturated rings. The number of hydrogen-bond acceptors (Lipinski definition) is 4. The van der Waals surface area contributed by atoms with Crippen LogP contribution in [0, 0.1) is 3.57 Å². The molecule has 1 atom stereocenters. The molecule has 0 spiro atoms. The van der Waals surface area contributed by atoms with E-state index in [2.05, 4.69) is 27.6 Å². The summed E-state index contributed by atoms with van der Waals surface area (Å²) in [5.41, 5.74) is 0. The Morgan fingerprint density at radius 2 is 2.39 bits per heavy atom. The number of carbonyl (C=O) groups is 2. The first kappa shape index (κ1) is 14.1. The van der Waals surface area contributed by atoms with Crippen LogP contribution in [-0.2, 0) is 9.59 Å². The van der Waals surface area contributed by atoms with Crippen molar-refractivity contribution in [2.45, 2.75) is 18.6 Å². The second kappa shape index (κ2) is 5.75. The van der Waals surface area contributed by atoms with Gasteiger partial charge in [-0.15, -0.1) is 0 Å². The van der Waals surface area contributed by atoms with Gasteiger partial charge in [0.25, 0.3) is 0 Å². The van der Waals surface area contributed by atoms with Crippen LogP contribution in [0.3, 0.4) is 0 Å². The average Bonchev–Trinajstić information content (AvgIpc) is 2.62. The monoisotopic (exact) mass is 396 g/mol. The van der Waals surface area contributed by atoms with E-state index in [-0.39, 0.29) is 16.3 Å². The molecule has 1 aliphatic heterocycles. The zero-order chi connectivity index (χ0) is 13.3.